The number of hydrogen-bond donors (Lipinski definition) is 1. The second-order valence-electron chi connectivity index (χ2n) is 12.9. The van der Waals surface area contributed by atoms with Crippen molar-refractivity contribution in [1.82, 2.24) is 0 Å². The van der Waals surface area contributed by atoms with E-state index in [1.54, 1.807) is 0 Å². The van der Waals surface area contributed by atoms with Crippen molar-refractivity contribution in [3.05, 3.63) is 204 Å². The smallest absolute Gasteiger partial charge is 0.145 e. The van der Waals surface area contributed by atoms with Crippen LogP contribution in [0.1, 0.15) is 22.3 Å². The summed E-state index contributed by atoms with van der Waals surface area (Å²) in [4.78, 5) is 0. The van der Waals surface area contributed by atoms with Crippen LogP contribution in [0.5, 0.6) is 0 Å². The van der Waals surface area contributed by atoms with E-state index < -0.39 is 5.41 Å². The number of anilines is 2. The van der Waals surface area contributed by atoms with E-state index in [0.717, 1.165) is 49.8 Å². The molecule has 1 heterocycles. The maximum absolute atomic E-state index is 6.85. The molecule has 1 aromatic heterocycles. The molecule has 0 spiro atoms. The van der Waals surface area contributed by atoms with Gasteiger partial charge < -0.3 is 9.73 Å². The first-order valence-corrected chi connectivity index (χ1v) is 16.9. The van der Waals surface area contributed by atoms with Crippen LogP contribution < -0.4 is 5.32 Å². The van der Waals surface area contributed by atoms with Crippen molar-refractivity contribution in [1.29, 1.82) is 0 Å². The van der Waals surface area contributed by atoms with Crippen LogP contribution in [0, 0.1) is 0 Å². The average molecular weight is 626 g/mol. The predicted octanol–water partition coefficient (Wildman–Crippen LogP) is 12.5. The summed E-state index contributed by atoms with van der Waals surface area (Å²) in [7, 11) is 0. The number of furan rings is 1. The van der Waals surface area contributed by atoms with E-state index in [9.17, 15) is 0 Å². The van der Waals surface area contributed by atoms with Gasteiger partial charge in [-0.15, -0.1) is 0 Å². The third-order valence-electron chi connectivity index (χ3n) is 10.3. The molecular weight excluding hydrogens is 595 g/mol. The van der Waals surface area contributed by atoms with Crippen molar-refractivity contribution in [3.8, 4) is 22.3 Å². The average Bonchev–Trinajstić information content (AvgIpc) is 3.71. The number of nitrogens with one attached hydrogen (secondary N) is 1. The van der Waals surface area contributed by atoms with Gasteiger partial charge in [-0.25, -0.2) is 0 Å². The normalized spacial score (nSPS) is 13.1. The van der Waals surface area contributed by atoms with Gasteiger partial charge in [0.05, 0.1) is 16.5 Å². The molecule has 1 aliphatic rings. The number of rotatable bonds is 5. The minimum Gasteiger partial charge on any atom is -0.455 e. The minimum absolute atomic E-state index is 0.458. The standard InChI is InChI=1S/C47H31NO/c1-4-14-31(15-5-1)37-28-29-43(44-40-26-24-32-16-10-11-21-36(32)45(40)49-46(37)44)48-35-25-27-39-38-22-12-13-23-41(38)47(42(39)30-35,33-17-6-2-7-18-33)34-19-8-3-9-20-34/h1-30,48H. The molecule has 1 aliphatic carbocycles. The number of fused-ring (bicyclic) bond motifs is 8. The molecule has 0 unspecified atom stereocenters. The lowest BCUT2D eigenvalue weighted by Gasteiger charge is -2.34. The summed E-state index contributed by atoms with van der Waals surface area (Å²) < 4.78 is 6.85. The Bertz CT molecular complexity index is 2630. The summed E-state index contributed by atoms with van der Waals surface area (Å²) in [6, 6.07) is 65.5. The highest BCUT2D eigenvalue weighted by molar-refractivity contribution is 6.21. The summed E-state index contributed by atoms with van der Waals surface area (Å²) in [5, 5.41) is 8.36. The molecule has 0 aliphatic heterocycles. The van der Waals surface area contributed by atoms with Gasteiger partial charge in [0.25, 0.3) is 0 Å². The van der Waals surface area contributed by atoms with E-state index >= 15 is 0 Å². The van der Waals surface area contributed by atoms with E-state index in [0.29, 0.717) is 0 Å². The molecule has 0 amide bonds. The molecule has 0 saturated heterocycles. The molecule has 10 rings (SSSR count). The Balaban J connectivity index is 1.21. The van der Waals surface area contributed by atoms with Crippen LogP contribution in [0.3, 0.4) is 0 Å². The van der Waals surface area contributed by atoms with Crippen molar-refractivity contribution < 1.29 is 4.42 Å². The summed E-state index contributed by atoms with van der Waals surface area (Å²) in [5.41, 5.74) is 13.2. The Morgan fingerprint density at radius 2 is 1.06 bits per heavy atom. The second-order valence-corrected chi connectivity index (χ2v) is 12.9. The largest absolute Gasteiger partial charge is 0.455 e. The van der Waals surface area contributed by atoms with Gasteiger partial charge in [0, 0.05) is 22.0 Å². The fraction of sp³-hybridized carbons (Fsp3) is 0.0213. The van der Waals surface area contributed by atoms with Crippen LogP contribution in [-0.4, -0.2) is 0 Å². The Morgan fingerprint density at radius 1 is 0.429 bits per heavy atom. The lowest BCUT2D eigenvalue weighted by Crippen LogP contribution is -2.28. The highest BCUT2D eigenvalue weighted by Crippen LogP contribution is 2.56. The van der Waals surface area contributed by atoms with Crippen LogP contribution in [0.25, 0.3) is 55.0 Å². The topological polar surface area (TPSA) is 25.2 Å². The molecule has 230 valence electrons. The van der Waals surface area contributed by atoms with Gasteiger partial charge in [-0.1, -0.05) is 152 Å². The van der Waals surface area contributed by atoms with Crippen LogP contribution >= 0.6 is 0 Å². The van der Waals surface area contributed by atoms with Crippen molar-refractivity contribution in [2.24, 2.45) is 0 Å². The molecule has 0 bridgehead atoms. The van der Waals surface area contributed by atoms with Gasteiger partial charge in [-0.2, -0.15) is 0 Å². The van der Waals surface area contributed by atoms with Crippen LogP contribution in [0.2, 0.25) is 0 Å². The van der Waals surface area contributed by atoms with Gasteiger partial charge >= 0.3 is 0 Å². The Hall–Kier alpha value is -6.38. The summed E-state index contributed by atoms with van der Waals surface area (Å²) in [5.74, 6) is 0. The van der Waals surface area contributed by atoms with Crippen molar-refractivity contribution >= 4 is 44.1 Å². The molecule has 8 aromatic carbocycles. The van der Waals surface area contributed by atoms with Gasteiger partial charge in [-0.05, 0) is 74.7 Å². The van der Waals surface area contributed by atoms with Gasteiger partial charge in [0.1, 0.15) is 11.2 Å². The molecule has 1 N–H and O–H groups in total. The maximum atomic E-state index is 6.85. The third-order valence-corrected chi connectivity index (χ3v) is 10.3. The Kier molecular flexibility index (Phi) is 6.13. The Morgan fingerprint density at radius 3 is 1.84 bits per heavy atom. The maximum Gasteiger partial charge on any atom is 0.145 e. The Labute approximate surface area is 284 Å². The monoisotopic (exact) mass is 625 g/mol. The summed E-state index contributed by atoms with van der Waals surface area (Å²) in [6.07, 6.45) is 0. The van der Waals surface area contributed by atoms with E-state index in [1.165, 1.54) is 38.8 Å². The SMILES string of the molecule is c1ccc(-c2ccc(Nc3ccc4c(c3)C(c3ccccc3)(c3ccccc3)c3ccccc3-4)c3c2oc2c4ccccc4ccc23)cc1. The molecule has 0 saturated carbocycles. The third kappa shape index (κ3) is 4.07. The lowest BCUT2D eigenvalue weighted by atomic mass is 9.67. The fourth-order valence-corrected chi connectivity index (χ4v) is 8.23. The number of benzene rings is 8. The lowest BCUT2D eigenvalue weighted by molar-refractivity contribution is 0.674. The van der Waals surface area contributed by atoms with Crippen LogP contribution in [0.15, 0.2) is 186 Å². The van der Waals surface area contributed by atoms with Crippen LogP contribution in [-0.2, 0) is 5.41 Å². The first-order chi connectivity index (χ1) is 24.3. The first kappa shape index (κ1) is 27.7. The van der Waals surface area contributed by atoms with E-state index in [4.69, 9.17) is 4.42 Å². The zero-order valence-corrected chi connectivity index (χ0v) is 26.7. The zero-order valence-electron chi connectivity index (χ0n) is 26.7. The first-order valence-electron chi connectivity index (χ1n) is 16.9. The van der Waals surface area contributed by atoms with E-state index in [-0.39, 0.29) is 0 Å². The highest BCUT2D eigenvalue weighted by Gasteiger charge is 2.46. The molecule has 9 aromatic rings. The van der Waals surface area contributed by atoms with Crippen LogP contribution in [0.4, 0.5) is 11.4 Å². The molecular formula is C47H31NO. The molecule has 2 heteroatoms. The van der Waals surface area contributed by atoms with E-state index in [2.05, 4.69) is 187 Å². The summed E-state index contributed by atoms with van der Waals surface area (Å²) in [6.45, 7) is 0. The fourth-order valence-electron chi connectivity index (χ4n) is 8.23. The molecule has 0 radical (unpaired) electrons. The summed E-state index contributed by atoms with van der Waals surface area (Å²) >= 11 is 0. The minimum atomic E-state index is -0.458. The molecule has 0 atom stereocenters. The highest BCUT2D eigenvalue weighted by atomic mass is 16.3. The van der Waals surface area contributed by atoms with Gasteiger partial charge in [-0.3, -0.25) is 0 Å². The second kappa shape index (κ2) is 10.8. The number of hydrogen-bond acceptors (Lipinski definition) is 2. The molecule has 2 nitrogen and oxygen atoms in total. The van der Waals surface area contributed by atoms with Gasteiger partial charge in [0.15, 0.2) is 0 Å². The molecule has 49 heavy (non-hydrogen) atoms. The zero-order chi connectivity index (χ0) is 32.4. The van der Waals surface area contributed by atoms with Crippen molar-refractivity contribution in [3.63, 3.8) is 0 Å². The van der Waals surface area contributed by atoms with E-state index in [1.807, 2.05) is 0 Å². The van der Waals surface area contributed by atoms with Crippen molar-refractivity contribution in [2.75, 3.05) is 5.32 Å². The quantitative estimate of drug-likeness (QED) is 0.206. The van der Waals surface area contributed by atoms with Gasteiger partial charge in [0.2, 0.25) is 0 Å². The predicted molar refractivity (Wildman–Crippen MR) is 204 cm³/mol. The molecule has 0 fully saturated rings. The van der Waals surface area contributed by atoms with Crippen molar-refractivity contribution in [2.45, 2.75) is 5.41 Å².